The molecule has 2 rings (SSSR count). The molecule has 0 aromatic heterocycles. The molecule has 2 aromatic rings. The molecule has 0 fully saturated rings. The smallest absolute Gasteiger partial charge is 0.131 e. The maximum absolute atomic E-state index is 13.7. The minimum absolute atomic E-state index is 0.254. The lowest BCUT2D eigenvalue weighted by Gasteiger charge is -2.10. The molecular weight excluding hydrogens is 217 g/mol. The number of nitrogen functional groups attached to an aromatic ring is 1. The van der Waals surface area contributed by atoms with Crippen LogP contribution in [0.15, 0.2) is 42.5 Å². The molecule has 0 saturated carbocycles. The summed E-state index contributed by atoms with van der Waals surface area (Å²) in [7, 11) is 1.61. The van der Waals surface area contributed by atoms with Gasteiger partial charge in [-0.2, -0.15) is 0 Å². The zero-order chi connectivity index (χ0) is 12.3. The van der Waals surface area contributed by atoms with E-state index in [4.69, 9.17) is 10.5 Å². The first-order chi connectivity index (χ1) is 8.22. The molecule has 3 heteroatoms. The lowest BCUT2D eigenvalue weighted by Crippen LogP contribution is -1.96. The molecule has 2 aromatic carbocycles. The van der Waals surface area contributed by atoms with Crippen molar-refractivity contribution in [2.24, 2.45) is 0 Å². The maximum atomic E-state index is 13.7. The second-order valence-electron chi connectivity index (χ2n) is 3.83. The molecule has 0 aliphatic carbocycles. The van der Waals surface area contributed by atoms with Crippen LogP contribution >= 0.6 is 0 Å². The van der Waals surface area contributed by atoms with Crippen LogP contribution < -0.4 is 5.73 Å². The summed E-state index contributed by atoms with van der Waals surface area (Å²) in [5.41, 5.74) is 8.62. The Morgan fingerprint density at radius 1 is 1.12 bits per heavy atom. The Morgan fingerprint density at radius 2 is 1.88 bits per heavy atom. The zero-order valence-corrected chi connectivity index (χ0v) is 9.61. The maximum Gasteiger partial charge on any atom is 0.131 e. The van der Waals surface area contributed by atoms with Crippen LogP contribution in [0.5, 0.6) is 0 Å². The monoisotopic (exact) mass is 231 g/mol. The quantitative estimate of drug-likeness (QED) is 0.823. The highest BCUT2D eigenvalue weighted by atomic mass is 19.1. The van der Waals surface area contributed by atoms with E-state index >= 15 is 0 Å². The molecule has 2 nitrogen and oxygen atoms in total. The first-order valence-electron chi connectivity index (χ1n) is 5.34. The summed E-state index contributed by atoms with van der Waals surface area (Å²) in [6.07, 6.45) is 0. The molecule has 0 aliphatic rings. The van der Waals surface area contributed by atoms with Crippen LogP contribution in [-0.2, 0) is 11.3 Å². The van der Waals surface area contributed by atoms with E-state index in [0.29, 0.717) is 17.9 Å². The van der Waals surface area contributed by atoms with Crippen LogP contribution in [0.2, 0.25) is 0 Å². The van der Waals surface area contributed by atoms with Gasteiger partial charge in [0, 0.05) is 18.4 Å². The minimum Gasteiger partial charge on any atom is -0.399 e. The normalized spacial score (nSPS) is 10.5. The van der Waals surface area contributed by atoms with Gasteiger partial charge in [0.25, 0.3) is 0 Å². The van der Waals surface area contributed by atoms with Crippen LogP contribution in [0.3, 0.4) is 0 Å². The van der Waals surface area contributed by atoms with Crippen molar-refractivity contribution in [2.75, 3.05) is 12.8 Å². The molecule has 0 aliphatic heterocycles. The Labute approximate surface area is 99.8 Å². The Kier molecular flexibility index (Phi) is 3.40. The van der Waals surface area contributed by atoms with E-state index in [1.54, 1.807) is 37.4 Å². The highest BCUT2D eigenvalue weighted by Gasteiger charge is 2.09. The van der Waals surface area contributed by atoms with Crippen molar-refractivity contribution < 1.29 is 9.13 Å². The molecule has 2 N–H and O–H groups in total. The lowest BCUT2D eigenvalue weighted by atomic mass is 9.99. The van der Waals surface area contributed by atoms with Crippen molar-refractivity contribution in [2.45, 2.75) is 6.61 Å². The Hall–Kier alpha value is -1.87. The molecular formula is C14H14FNO. The highest BCUT2D eigenvalue weighted by molar-refractivity contribution is 5.71. The van der Waals surface area contributed by atoms with E-state index in [2.05, 4.69) is 0 Å². The first kappa shape index (κ1) is 11.6. The summed E-state index contributed by atoms with van der Waals surface area (Å²) in [5.74, 6) is -0.254. The topological polar surface area (TPSA) is 35.2 Å². The van der Waals surface area contributed by atoms with Crippen LogP contribution in [0, 0.1) is 5.82 Å². The van der Waals surface area contributed by atoms with Gasteiger partial charge in [-0.25, -0.2) is 4.39 Å². The number of benzene rings is 2. The summed E-state index contributed by atoms with van der Waals surface area (Å²) in [5, 5.41) is 0. The molecule has 0 bridgehead atoms. The third-order valence-electron chi connectivity index (χ3n) is 2.60. The molecule has 0 amide bonds. The second-order valence-corrected chi connectivity index (χ2v) is 3.83. The van der Waals surface area contributed by atoms with E-state index in [0.717, 1.165) is 11.1 Å². The molecule has 0 radical (unpaired) electrons. The van der Waals surface area contributed by atoms with Gasteiger partial charge in [0.05, 0.1) is 6.61 Å². The fourth-order valence-corrected chi connectivity index (χ4v) is 1.81. The molecule has 0 spiro atoms. The van der Waals surface area contributed by atoms with E-state index in [-0.39, 0.29) is 5.82 Å². The second kappa shape index (κ2) is 4.97. The Balaban J connectivity index is 2.57. The predicted molar refractivity (Wildman–Crippen MR) is 67.0 cm³/mol. The van der Waals surface area contributed by atoms with Gasteiger partial charge in [0.1, 0.15) is 5.82 Å². The number of hydrogen-bond acceptors (Lipinski definition) is 2. The van der Waals surface area contributed by atoms with Crippen LogP contribution in [0.25, 0.3) is 11.1 Å². The molecule has 0 unspecified atom stereocenters. The minimum atomic E-state index is -0.254. The fourth-order valence-electron chi connectivity index (χ4n) is 1.81. The third-order valence-corrected chi connectivity index (χ3v) is 2.60. The molecule has 17 heavy (non-hydrogen) atoms. The Bertz CT molecular complexity index is 525. The summed E-state index contributed by atoms with van der Waals surface area (Å²) in [6, 6.07) is 12.1. The van der Waals surface area contributed by atoms with E-state index in [9.17, 15) is 4.39 Å². The third kappa shape index (κ3) is 2.45. The number of rotatable bonds is 3. The van der Waals surface area contributed by atoms with Crippen molar-refractivity contribution in [3.05, 3.63) is 53.8 Å². The van der Waals surface area contributed by atoms with Crippen molar-refractivity contribution in [1.29, 1.82) is 0 Å². The van der Waals surface area contributed by atoms with Gasteiger partial charge < -0.3 is 10.5 Å². The predicted octanol–water partition coefficient (Wildman–Crippen LogP) is 3.22. The average Bonchev–Trinajstić information content (AvgIpc) is 2.32. The van der Waals surface area contributed by atoms with E-state index < -0.39 is 0 Å². The number of nitrogens with two attached hydrogens (primary N) is 1. The van der Waals surface area contributed by atoms with Gasteiger partial charge in [-0.05, 0) is 29.3 Å². The van der Waals surface area contributed by atoms with Crippen LogP contribution in [0.4, 0.5) is 10.1 Å². The molecule has 0 heterocycles. The van der Waals surface area contributed by atoms with Gasteiger partial charge in [0.15, 0.2) is 0 Å². The summed E-state index contributed by atoms with van der Waals surface area (Å²) in [6.45, 7) is 0.434. The van der Waals surface area contributed by atoms with Gasteiger partial charge in [-0.15, -0.1) is 0 Å². The Morgan fingerprint density at radius 3 is 2.59 bits per heavy atom. The lowest BCUT2D eigenvalue weighted by molar-refractivity contribution is 0.185. The van der Waals surface area contributed by atoms with Gasteiger partial charge in [-0.1, -0.05) is 24.3 Å². The summed E-state index contributed by atoms with van der Waals surface area (Å²) >= 11 is 0. The fraction of sp³-hybridized carbons (Fsp3) is 0.143. The van der Waals surface area contributed by atoms with Gasteiger partial charge in [-0.3, -0.25) is 0 Å². The zero-order valence-electron chi connectivity index (χ0n) is 9.61. The highest BCUT2D eigenvalue weighted by Crippen LogP contribution is 2.28. The van der Waals surface area contributed by atoms with Gasteiger partial charge in [0.2, 0.25) is 0 Å². The number of anilines is 1. The summed E-state index contributed by atoms with van der Waals surface area (Å²) < 4.78 is 18.9. The standard InChI is InChI=1S/C14H14FNO/c1-17-9-10-6-7-11(16)8-13(10)12-4-2-3-5-14(12)15/h2-8H,9,16H2,1H3. The van der Waals surface area contributed by atoms with Crippen molar-refractivity contribution in [3.63, 3.8) is 0 Å². The van der Waals surface area contributed by atoms with Crippen molar-refractivity contribution >= 4 is 5.69 Å². The van der Waals surface area contributed by atoms with E-state index in [1.807, 2.05) is 6.07 Å². The first-order valence-corrected chi connectivity index (χ1v) is 5.34. The van der Waals surface area contributed by atoms with Crippen LogP contribution in [-0.4, -0.2) is 7.11 Å². The summed E-state index contributed by atoms with van der Waals surface area (Å²) in [4.78, 5) is 0. The molecule has 88 valence electrons. The van der Waals surface area contributed by atoms with E-state index in [1.165, 1.54) is 6.07 Å². The van der Waals surface area contributed by atoms with Crippen molar-refractivity contribution in [1.82, 2.24) is 0 Å². The number of halogens is 1. The molecule has 0 atom stereocenters. The SMILES string of the molecule is COCc1ccc(N)cc1-c1ccccc1F. The van der Waals surface area contributed by atoms with Crippen molar-refractivity contribution in [3.8, 4) is 11.1 Å². The van der Waals surface area contributed by atoms with Gasteiger partial charge >= 0.3 is 0 Å². The average molecular weight is 231 g/mol. The molecule has 0 saturated heterocycles. The number of hydrogen-bond donors (Lipinski definition) is 1. The number of ether oxygens (including phenoxy) is 1. The number of methoxy groups -OCH3 is 1. The van der Waals surface area contributed by atoms with Crippen LogP contribution in [0.1, 0.15) is 5.56 Å². The largest absolute Gasteiger partial charge is 0.399 e.